The highest BCUT2D eigenvalue weighted by Crippen LogP contribution is 2.27. The second-order valence-electron chi connectivity index (χ2n) is 6.63. The van der Waals surface area contributed by atoms with Crippen LogP contribution in [0.5, 0.6) is 0 Å². The number of benzene rings is 1. The summed E-state index contributed by atoms with van der Waals surface area (Å²) in [6.07, 6.45) is 3.31. The number of aromatic nitrogens is 5. The number of thioether (sulfide) groups is 1. The summed E-state index contributed by atoms with van der Waals surface area (Å²) in [5.74, 6) is 1.07. The number of hydrogen-bond acceptors (Lipinski definition) is 7. The van der Waals surface area contributed by atoms with Gasteiger partial charge in [0.2, 0.25) is 11.7 Å². The molecule has 0 bridgehead atoms. The Labute approximate surface area is 187 Å². The fourth-order valence-corrected chi connectivity index (χ4v) is 4.53. The molecule has 0 atom stereocenters. The molecule has 0 saturated heterocycles. The molecule has 31 heavy (non-hydrogen) atoms. The van der Waals surface area contributed by atoms with Crippen molar-refractivity contribution in [2.45, 2.75) is 18.6 Å². The Morgan fingerprint density at radius 2 is 1.97 bits per heavy atom. The van der Waals surface area contributed by atoms with Gasteiger partial charge in [-0.05, 0) is 42.6 Å². The summed E-state index contributed by atoms with van der Waals surface area (Å²) in [6, 6.07) is 10.8. The number of amides is 1. The summed E-state index contributed by atoms with van der Waals surface area (Å²) >= 11 is 2.95. The van der Waals surface area contributed by atoms with Crippen molar-refractivity contribution in [3.63, 3.8) is 0 Å². The van der Waals surface area contributed by atoms with Gasteiger partial charge in [0.05, 0.1) is 10.6 Å². The lowest BCUT2D eigenvalue weighted by Gasteiger charge is -2.08. The minimum absolute atomic E-state index is 0.156. The van der Waals surface area contributed by atoms with E-state index < -0.39 is 0 Å². The van der Waals surface area contributed by atoms with Crippen LogP contribution in [0.15, 0.2) is 59.3 Å². The minimum Gasteiger partial charge on any atom is -0.331 e. The monoisotopic (exact) mass is 452 g/mol. The molecule has 0 saturated carbocycles. The molecule has 1 N–H and O–H groups in total. The van der Waals surface area contributed by atoms with Gasteiger partial charge in [0.15, 0.2) is 16.8 Å². The largest absolute Gasteiger partial charge is 0.331 e. The van der Waals surface area contributed by atoms with E-state index in [0.29, 0.717) is 22.2 Å². The molecule has 3 heterocycles. The molecule has 0 aliphatic heterocycles. The SMILES string of the molecule is CCn1c(SCC(=O)Nc2ccc(C(=O)c3nccn3C)cc2)nnc1-c1cccs1. The van der Waals surface area contributed by atoms with Crippen molar-refractivity contribution >= 4 is 40.5 Å². The number of aryl methyl sites for hydroxylation is 1. The molecule has 4 aromatic rings. The van der Waals surface area contributed by atoms with Crippen molar-refractivity contribution in [1.82, 2.24) is 24.3 Å². The number of anilines is 1. The van der Waals surface area contributed by atoms with Gasteiger partial charge in [-0.25, -0.2) is 4.98 Å². The van der Waals surface area contributed by atoms with Crippen molar-refractivity contribution in [3.05, 3.63) is 65.6 Å². The van der Waals surface area contributed by atoms with Crippen LogP contribution in [0.2, 0.25) is 0 Å². The van der Waals surface area contributed by atoms with Crippen LogP contribution in [0.25, 0.3) is 10.7 Å². The summed E-state index contributed by atoms with van der Waals surface area (Å²) in [4.78, 5) is 30.0. The first kappa shape index (κ1) is 21.0. The molecule has 0 aliphatic rings. The highest BCUT2D eigenvalue weighted by Gasteiger charge is 2.16. The Balaban J connectivity index is 1.36. The molecule has 0 fully saturated rings. The van der Waals surface area contributed by atoms with Crippen molar-refractivity contribution in [2.24, 2.45) is 7.05 Å². The molecule has 1 amide bonds. The smallest absolute Gasteiger partial charge is 0.234 e. The zero-order chi connectivity index (χ0) is 21.8. The van der Waals surface area contributed by atoms with Gasteiger partial charge in [-0.2, -0.15) is 0 Å². The average Bonchev–Trinajstić information content (AvgIpc) is 3.52. The van der Waals surface area contributed by atoms with Crippen LogP contribution < -0.4 is 5.32 Å². The maximum atomic E-state index is 12.5. The Bertz CT molecular complexity index is 1200. The van der Waals surface area contributed by atoms with Gasteiger partial charge >= 0.3 is 0 Å². The van der Waals surface area contributed by atoms with Crippen LogP contribution >= 0.6 is 23.1 Å². The first-order valence-corrected chi connectivity index (χ1v) is 11.4. The van der Waals surface area contributed by atoms with Crippen molar-refractivity contribution < 1.29 is 9.59 Å². The Morgan fingerprint density at radius 3 is 2.61 bits per heavy atom. The zero-order valence-electron chi connectivity index (χ0n) is 17.0. The maximum absolute atomic E-state index is 12.5. The number of carbonyl (C=O) groups excluding carboxylic acids is 2. The molecule has 1 aromatic carbocycles. The molecular formula is C21H20N6O2S2. The summed E-state index contributed by atoms with van der Waals surface area (Å²) in [5.41, 5.74) is 1.14. The number of hydrogen-bond donors (Lipinski definition) is 1. The Kier molecular flexibility index (Phi) is 6.28. The summed E-state index contributed by atoms with van der Waals surface area (Å²) in [5, 5.41) is 14.1. The number of rotatable bonds is 8. The van der Waals surface area contributed by atoms with E-state index in [4.69, 9.17) is 0 Å². The fraction of sp³-hybridized carbons (Fsp3) is 0.190. The molecule has 0 aliphatic carbocycles. The van der Waals surface area contributed by atoms with Gasteiger partial charge < -0.3 is 14.5 Å². The summed E-state index contributed by atoms with van der Waals surface area (Å²) in [7, 11) is 1.77. The average molecular weight is 453 g/mol. The van der Waals surface area contributed by atoms with E-state index in [9.17, 15) is 9.59 Å². The second-order valence-corrected chi connectivity index (χ2v) is 8.52. The standard InChI is InChI=1S/C21H20N6O2S2/c1-3-27-19(16-5-4-12-30-16)24-25-21(27)31-13-17(28)23-15-8-6-14(7-9-15)18(29)20-22-10-11-26(20)2/h4-12H,3,13H2,1-2H3,(H,23,28). The van der Waals surface area contributed by atoms with Crippen molar-refractivity contribution in [3.8, 4) is 10.7 Å². The van der Waals surface area contributed by atoms with Gasteiger partial charge in [0.25, 0.3) is 0 Å². The number of carbonyl (C=O) groups is 2. The molecule has 0 unspecified atom stereocenters. The predicted octanol–water partition coefficient (Wildman–Crippen LogP) is 3.72. The van der Waals surface area contributed by atoms with Crippen LogP contribution in [-0.2, 0) is 18.4 Å². The van der Waals surface area contributed by atoms with Gasteiger partial charge in [0, 0.05) is 37.2 Å². The Hall–Kier alpha value is -3.24. The third kappa shape index (κ3) is 4.59. The van der Waals surface area contributed by atoms with E-state index in [2.05, 4.69) is 20.5 Å². The lowest BCUT2D eigenvalue weighted by Crippen LogP contribution is -2.15. The van der Waals surface area contributed by atoms with E-state index in [-0.39, 0.29) is 17.4 Å². The zero-order valence-corrected chi connectivity index (χ0v) is 18.6. The van der Waals surface area contributed by atoms with Crippen molar-refractivity contribution in [2.75, 3.05) is 11.1 Å². The third-order valence-corrected chi connectivity index (χ3v) is 6.39. The maximum Gasteiger partial charge on any atom is 0.234 e. The van der Waals surface area contributed by atoms with Crippen LogP contribution in [0.3, 0.4) is 0 Å². The highest BCUT2D eigenvalue weighted by molar-refractivity contribution is 7.99. The van der Waals surface area contributed by atoms with E-state index >= 15 is 0 Å². The minimum atomic E-state index is -0.165. The number of imidazole rings is 1. The molecule has 0 radical (unpaired) electrons. The number of nitrogens with zero attached hydrogens (tertiary/aromatic N) is 5. The normalized spacial score (nSPS) is 10.9. The fourth-order valence-electron chi connectivity index (χ4n) is 3.01. The van der Waals surface area contributed by atoms with Crippen molar-refractivity contribution in [1.29, 1.82) is 0 Å². The third-order valence-electron chi connectivity index (χ3n) is 4.56. The molecular weight excluding hydrogens is 432 g/mol. The molecule has 158 valence electrons. The van der Waals surface area contributed by atoms with Gasteiger partial charge in [0.1, 0.15) is 0 Å². The van der Waals surface area contributed by atoms with E-state index in [1.807, 2.05) is 29.0 Å². The lowest BCUT2D eigenvalue weighted by atomic mass is 10.1. The first-order chi connectivity index (χ1) is 15.1. The van der Waals surface area contributed by atoms with Crippen LogP contribution in [0.1, 0.15) is 23.1 Å². The van der Waals surface area contributed by atoms with E-state index in [1.165, 1.54) is 11.8 Å². The topological polar surface area (TPSA) is 94.7 Å². The summed E-state index contributed by atoms with van der Waals surface area (Å²) < 4.78 is 3.68. The van der Waals surface area contributed by atoms with Crippen LogP contribution in [0, 0.1) is 0 Å². The van der Waals surface area contributed by atoms with Crippen LogP contribution in [-0.4, -0.2) is 41.8 Å². The lowest BCUT2D eigenvalue weighted by molar-refractivity contribution is -0.113. The second kappa shape index (κ2) is 9.27. The van der Waals surface area contributed by atoms with Crippen LogP contribution in [0.4, 0.5) is 5.69 Å². The number of ketones is 1. The molecule has 8 nitrogen and oxygen atoms in total. The van der Waals surface area contributed by atoms with Gasteiger partial charge in [-0.15, -0.1) is 21.5 Å². The van der Waals surface area contributed by atoms with Gasteiger partial charge in [-0.1, -0.05) is 17.8 Å². The summed E-state index contributed by atoms with van der Waals surface area (Å²) in [6.45, 7) is 2.74. The molecule has 10 heteroatoms. The predicted molar refractivity (Wildman–Crippen MR) is 121 cm³/mol. The molecule has 3 aromatic heterocycles. The van der Waals surface area contributed by atoms with E-state index in [0.717, 1.165) is 17.2 Å². The highest BCUT2D eigenvalue weighted by atomic mass is 32.2. The van der Waals surface area contributed by atoms with Gasteiger partial charge in [-0.3, -0.25) is 9.59 Å². The quantitative estimate of drug-likeness (QED) is 0.323. The first-order valence-electron chi connectivity index (χ1n) is 9.58. The van der Waals surface area contributed by atoms with E-state index in [1.54, 1.807) is 59.6 Å². The number of thiophene rings is 1. The number of nitrogens with one attached hydrogen (secondary N) is 1. The Morgan fingerprint density at radius 1 is 1.16 bits per heavy atom. The molecule has 4 rings (SSSR count). The molecule has 0 spiro atoms.